The van der Waals surface area contributed by atoms with Crippen LogP contribution in [0.25, 0.3) is 0 Å². The summed E-state index contributed by atoms with van der Waals surface area (Å²) in [7, 11) is 0. The third-order valence-electron chi connectivity index (χ3n) is 0.768. The summed E-state index contributed by atoms with van der Waals surface area (Å²) in [6, 6.07) is 0. The summed E-state index contributed by atoms with van der Waals surface area (Å²) in [4.78, 5) is 4.31. The van der Waals surface area contributed by atoms with Crippen molar-refractivity contribution in [3.63, 3.8) is 0 Å². The van der Waals surface area contributed by atoms with Gasteiger partial charge in [0.1, 0.15) is 0 Å². The Morgan fingerprint density at radius 1 is 1.43 bits per heavy atom. The molecule has 0 saturated heterocycles. The molecule has 0 aromatic heterocycles. The molecule has 0 aromatic carbocycles. The lowest BCUT2D eigenvalue weighted by Crippen LogP contribution is -2.15. The van der Waals surface area contributed by atoms with E-state index in [0.717, 1.165) is 12.8 Å². The highest BCUT2D eigenvalue weighted by Gasteiger charge is 2.24. The van der Waals surface area contributed by atoms with Gasteiger partial charge in [0.15, 0.2) is 0 Å². The Kier molecular flexibility index (Phi) is 1.25. The van der Waals surface area contributed by atoms with Gasteiger partial charge in [-0.15, -0.1) is 0 Å². The van der Waals surface area contributed by atoms with Crippen LogP contribution in [0.2, 0.25) is 0 Å². The molecule has 0 radical (unpaired) electrons. The molecule has 0 spiro atoms. The maximum atomic E-state index is 7.93. The van der Waals surface area contributed by atoms with Crippen molar-refractivity contribution in [2.45, 2.75) is 18.9 Å². The number of rotatable bonds is 2. The molecule has 42 valence electrons. The van der Waals surface area contributed by atoms with E-state index in [9.17, 15) is 0 Å². The zero-order valence-corrected chi connectivity index (χ0v) is 3.74. The molecule has 0 aliphatic heterocycles. The Balaban J connectivity index is 1.97. The highest BCUT2D eigenvalue weighted by atomic mass is 17.1. The van der Waals surface area contributed by atoms with E-state index in [0.29, 0.717) is 0 Å². The van der Waals surface area contributed by atoms with Crippen molar-refractivity contribution >= 4 is 0 Å². The maximum absolute atomic E-state index is 7.93. The van der Waals surface area contributed by atoms with Crippen molar-refractivity contribution in [1.82, 2.24) is 5.39 Å². The molecule has 1 fully saturated rings. The van der Waals surface area contributed by atoms with Crippen LogP contribution in [0.4, 0.5) is 0 Å². The van der Waals surface area contributed by atoms with E-state index >= 15 is 0 Å². The van der Waals surface area contributed by atoms with Crippen LogP contribution < -0.4 is 0 Å². The highest BCUT2D eigenvalue weighted by Crippen LogP contribution is 2.23. The minimum absolute atomic E-state index is 0.0509. The van der Waals surface area contributed by atoms with Crippen LogP contribution in [0.1, 0.15) is 12.8 Å². The monoisotopic (exact) mass is 105 g/mol. The Labute approximate surface area is 40.8 Å². The molecule has 2 N–H and O–H groups in total. The van der Waals surface area contributed by atoms with Gasteiger partial charge in [0.25, 0.3) is 0 Å². The first-order chi connectivity index (χ1) is 3.29. The fourth-order valence-corrected chi connectivity index (χ4v) is 0.307. The Bertz CT molecular complexity index is 61.2. The smallest absolute Gasteiger partial charge is 0.0846 e. The van der Waals surface area contributed by atoms with Crippen molar-refractivity contribution in [3.05, 3.63) is 0 Å². The Hall–Kier alpha value is -0.160. The van der Waals surface area contributed by atoms with E-state index in [2.05, 4.69) is 4.84 Å². The van der Waals surface area contributed by atoms with Gasteiger partial charge in [-0.05, 0) is 12.8 Å². The summed E-state index contributed by atoms with van der Waals surface area (Å²) in [5.41, 5.74) is 0. The third kappa shape index (κ3) is 1.84. The number of hydrogen-bond acceptors (Lipinski definition) is 4. The zero-order chi connectivity index (χ0) is 5.28. The van der Waals surface area contributed by atoms with E-state index < -0.39 is 0 Å². The largest absolute Gasteiger partial charge is 0.266 e. The molecule has 1 aliphatic rings. The lowest BCUT2D eigenvalue weighted by molar-refractivity contribution is -0.496. The first-order valence-corrected chi connectivity index (χ1v) is 2.13. The topological polar surface area (TPSA) is 52.9 Å². The predicted octanol–water partition coefficient (Wildman–Crippen LogP) is 0.161. The standard InChI is InChI=1S/C3H7NO3/c5-4(6)7-3-1-2-3/h3,5-6H,1-2H2. The lowest BCUT2D eigenvalue weighted by Gasteiger charge is -2.01. The normalized spacial score (nSPS) is 21.0. The average Bonchev–Trinajstić information content (AvgIpc) is 2.17. The second-order valence-electron chi connectivity index (χ2n) is 1.56. The Morgan fingerprint density at radius 2 is 2.00 bits per heavy atom. The van der Waals surface area contributed by atoms with Gasteiger partial charge >= 0.3 is 0 Å². The molecule has 0 atom stereocenters. The van der Waals surface area contributed by atoms with Crippen LogP contribution in [0.3, 0.4) is 0 Å². The van der Waals surface area contributed by atoms with E-state index in [4.69, 9.17) is 10.4 Å². The molecule has 4 heteroatoms. The molecule has 0 bridgehead atoms. The van der Waals surface area contributed by atoms with Gasteiger partial charge in [-0.2, -0.15) is 0 Å². The number of hydrogen-bond donors (Lipinski definition) is 2. The van der Waals surface area contributed by atoms with Gasteiger partial charge in [0, 0.05) is 0 Å². The van der Waals surface area contributed by atoms with Gasteiger partial charge in [0.2, 0.25) is 0 Å². The van der Waals surface area contributed by atoms with E-state index in [1.165, 1.54) is 0 Å². The predicted molar refractivity (Wildman–Crippen MR) is 19.5 cm³/mol. The van der Waals surface area contributed by atoms with Gasteiger partial charge in [-0.3, -0.25) is 10.4 Å². The summed E-state index contributed by atoms with van der Waals surface area (Å²) in [6.45, 7) is 0. The fourth-order valence-electron chi connectivity index (χ4n) is 0.307. The Morgan fingerprint density at radius 3 is 2.14 bits per heavy atom. The quantitative estimate of drug-likeness (QED) is 0.491. The van der Waals surface area contributed by atoms with Crippen LogP contribution in [0.15, 0.2) is 0 Å². The minimum atomic E-state index is -0.238. The molecule has 1 aliphatic carbocycles. The molecule has 4 nitrogen and oxygen atoms in total. The van der Waals surface area contributed by atoms with Crippen LogP contribution in [-0.4, -0.2) is 21.9 Å². The number of nitrogens with zero attached hydrogens (tertiary/aromatic N) is 1. The maximum Gasteiger partial charge on any atom is 0.0846 e. The second kappa shape index (κ2) is 1.75. The second-order valence-corrected chi connectivity index (χ2v) is 1.56. The van der Waals surface area contributed by atoms with Crippen molar-refractivity contribution in [3.8, 4) is 0 Å². The minimum Gasteiger partial charge on any atom is -0.266 e. The molecule has 1 saturated carbocycles. The highest BCUT2D eigenvalue weighted by molar-refractivity contribution is 4.71. The van der Waals surface area contributed by atoms with Crippen LogP contribution in [0, 0.1) is 0 Å². The SMILES string of the molecule is ON(O)OC1CC1. The molecule has 0 unspecified atom stereocenters. The van der Waals surface area contributed by atoms with Gasteiger partial charge in [-0.25, -0.2) is 4.84 Å². The fraction of sp³-hybridized carbons (Fsp3) is 1.00. The summed E-state index contributed by atoms with van der Waals surface area (Å²) >= 11 is 0. The van der Waals surface area contributed by atoms with E-state index in [1.807, 2.05) is 0 Å². The van der Waals surface area contributed by atoms with Crippen molar-refractivity contribution in [2.24, 2.45) is 0 Å². The molecule has 7 heavy (non-hydrogen) atoms. The summed E-state index contributed by atoms with van der Waals surface area (Å²) in [5, 5.41) is 15.6. The molecular weight excluding hydrogens is 98.0 g/mol. The first-order valence-electron chi connectivity index (χ1n) is 2.13. The van der Waals surface area contributed by atoms with Crippen LogP contribution >= 0.6 is 0 Å². The lowest BCUT2D eigenvalue weighted by atomic mass is 10.9. The summed E-state index contributed by atoms with van der Waals surface area (Å²) < 4.78 is 0. The molecule has 0 aromatic rings. The van der Waals surface area contributed by atoms with E-state index in [-0.39, 0.29) is 11.5 Å². The van der Waals surface area contributed by atoms with Crippen molar-refractivity contribution < 1.29 is 15.3 Å². The molecule has 1 rings (SSSR count). The van der Waals surface area contributed by atoms with Gasteiger partial charge in [-0.1, -0.05) is 0 Å². The summed E-state index contributed by atoms with van der Waals surface area (Å²) in [5.74, 6) is 0. The third-order valence-corrected chi connectivity index (χ3v) is 0.768. The molecule has 0 heterocycles. The van der Waals surface area contributed by atoms with Crippen molar-refractivity contribution in [1.29, 1.82) is 0 Å². The van der Waals surface area contributed by atoms with E-state index in [1.54, 1.807) is 0 Å². The van der Waals surface area contributed by atoms with Gasteiger partial charge < -0.3 is 0 Å². The van der Waals surface area contributed by atoms with Crippen LogP contribution in [0.5, 0.6) is 0 Å². The molecule has 0 amide bonds. The van der Waals surface area contributed by atoms with Crippen LogP contribution in [-0.2, 0) is 4.84 Å². The summed E-state index contributed by atoms with van der Waals surface area (Å²) in [6.07, 6.45) is 1.91. The first kappa shape index (κ1) is 4.99. The zero-order valence-electron chi connectivity index (χ0n) is 3.74. The van der Waals surface area contributed by atoms with Crippen molar-refractivity contribution in [2.75, 3.05) is 0 Å². The van der Waals surface area contributed by atoms with Gasteiger partial charge in [0.05, 0.1) is 11.5 Å². The molecular formula is C3H7NO3. The average molecular weight is 105 g/mol.